The van der Waals surface area contributed by atoms with E-state index in [2.05, 4.69) is 15.6 Å². The normalized spacial score (nSPS) is 10.1. The lowest BCUT2D eigenvalue weighted by atomic mass is 10.3. The van der Waals surface area contributed by atoms with E-state index in [0.29, 0.717) is 28.7 Å². The summed E-state index contributed by atoms with van der Waals surface area (Å²) in [7, 11) is 0. The van der Waals surface area contributed by atoms with Crippen LogP contribution in [0, 0.1) is 5.82 Å². The van der Waals surface area contributed by atoms with Crippen molar-refractivity contribution in [3.8, 4) is 11.5 Å². The minimum Gasteiger partial charge on any atom is -0.457 e. The van der Waals surface area contributed by atoms with Gasteiger partial charge in [0.1, 0.15) is 23.1 Å². The van der Waals surface area contributed by atoms with E-state index >= 15 is 0 Å². The second-order valence-corrected chi connectivity index (χ2v) is 5.13. The molecule has 126 valence electrons. The van der Waals surface area contributed by atoms with E-state index in [1.54, 1.807) is 42.6 Å². The number of amides is 2. The molecular weight excluding hydrogens is 323 g/mol. The van der Waals surface area contributed by atoms with Gasteiger partial charge in [-0.1, -0.05) is 0 Å². The molecule has 0 fully saturated rings. The van der Waals surface area contributed by atoms with Gasteiger partial charge < -0.3 is 21.1 Å². The number of carbonyl (C=O) groups is 1. The average molecular weight is 338 g/mol. The zero-order chi connectivity index (χ0) is 17.6. The van der Waals surface area contributed by atoms with Crippen molar-refractivity contribution in [1.82, 2.24) is 4.98 Å². The molecule has 3 rings (SSSR count). The Morgan fingerprint density at radius 3 is 2.12 bits per heavy atom. The minimum atomic E-state index is -0.429. The molecule has 0 radical (unpaired) electrons. The number of anilines is 3. The first kappa shape index (κ1) is 16.3. The highest BCUT2D eigenvalue weighted by Gasteiger charge is 2.04. The molecular formula is C18H15FN4O2. The van der Waals surface area contributed by atoms with Crippen molar-refractivity contribution in [2.75, 3.05) is 16.4 Å². The lowest BCUT2D eigenvalue weighted by Crippen LogP contribution is -2.19. The van der Waals surface area contributed by atoms with Gasteiger partial charge in [0.15, 0.2) is 0 Å². The van der Waals surface area contributed by atoms with E-state index in [0.717, 1.165) is 0 Å². The number of rotatable bonds is 4. The van der Waals surface area contributed by atoms with E-state index in [1.165, 1.54) is 24.3 Å². The molecule has 2 amide bonds. The first-order chi connectivity index (χ1) is 12.1. The zero-order valence-corrected chi connectivity index (χ0v) is 13.1. The van der Waals surface area contributed by atoms with Crippen LogP contribution in [0.4, 0.5) is 26.4 Å². The maximum absolute atomic E-state index is 12.8. The van der Waals surface area contributed by atoms with Crippen LogP contribution in [0.25, 0.3) is 0 Å². The van der Waals surface area contributed by atoms with Gasteiger partial charge in [-0.15, -0.1) is 0 Å². The largest absolute Gasteiger partial charge is 0.457 e. The van der Waals surface area contributed by atoms with Crippen molar-refractivity contribution in [3.63, 3.8) is 0 Å². The molecule has 7 heteroatoms. The summed E-state index contributed by atoms with van der Waals surface area (Å²) in [4.78, 5) is 15.8. The first-order valence-electron chi connectivity index (χ1n) is 7.41. The molecule has 4 N–H and O–H groups in total. The van der Waals surface area contributed by atoms with Crippen molar-refractivity contribution in [2.45, 2.75) is 0 Å². The molecule has 6 nitrogen and oxygen atoms in total. The van der Waals surface area contributed by atoms with Crippen molar-refractivity contribution in [2.24, 2.45) is 0 Å². The number of ether oxygens (including phenoxy) is 1. The molecule has 0 aliphatic heterocycles. The molecule has 25 heavy (non-hydrogen) atoms. The van der Waals surface area contributed by atoms with Gasteiger partial charge in [-0.25, -0.2) is 14.2 Å². The summed E-state index contributed by atoms with van der Waals surface area (Å²) in [6.45, 7) is 0. The molecule has 3 aromatic rings. The molecule has 0 unspecified atom stereocenters. The molecule has 0 bridgehead atoms. The van der Waals surface area contributed by atoms with Crippen LogP contribution in [0.3, 0.4) is 0 Å². The van der Waals surface area contributed by atoms with Gasteiger partial charge in [0.05, 0.1) is 0 Å². The SMILES string of the molecule is Nc1cc(Oc2ccc(NC(=O)Nc3ccc(F)cc3)cc2)ccn1. The lowest BCUT2D eigenvalue weighted by molar-refractivity contribution is 0.262. The van der Waals surface area contributed by atoms with Crippen molar-refractivity contribution >= 4 is 23.2 Å². The van der Waals surface area contributed by atoms with E-state index < -0.39 is 6.03 Å². The second-order valence-electron chi connectivity index (χ2n) is 5.13. The van der Waals surface area contributed by atoms with Gasteiger partial charge in [-0.3, -0.25) is 0 Å². The minimum absolute atomic E-state index is 0.363. The van der Waals surface area contributed by atoms with Crippen LogP contribution in [0.15, 0.2) is 66.9 Å². The molecule has 1 heterocycles. The second kappa shape index (κ2) is 7.31. The summed E-state index contributed by atoms with van der Waals surface area (Å²) in [6, 6.07) is 15.2. The molecule has 1 aromatic heterocycles. The van der Waals surface area contributed by atoms with Crippen molar-refractivity contribution in [1.29, 1.82) is 0 Å². The predicted molar refractivity (Wildman–Crippen MR) is 94.2 cm³/mol. The summed E-state index contributed by atoms with van der Waals surface area (Å²) in [6.07, 6.45) is 1.56. The third kappa shape index (κ3) is 4.68. The molecule has 0 spiro atoms. The smallest absolute Gasteiger partial charge is 0.323 e. The average Bonchev–Trinajstić information content (AvgIpc) is 2.59. The number of nitrogens with two attached hydrogens (primary N) is 1. The number of pyridine rings is 1. The number of hydrogen-bond acceptors (Lipinski definition) is 4. The van der Waals surface area contributed by atoms with E-state index in [4.69, 9.17) is 10.5 Å². The highest BCUT2D eigenvalue weighted by molar-refractivity contribution is 5.99. The molecule has 0 atom stereocenters. The van der Waals surface area contributed by atoms with Crippen LogP contribution in [0.2, 0.25) is 0 Å². The van der Waals surface area contributed by atoms with Crippen LogP contribution in [0.1, 0.15) is 0 Å². The lowest BCUT2D eigenvalue weighted by Gasteiger charge is -2.09. The van der Waals surface area contributed by atoms with Crippen LogP contribution in [-0.4, -0.2) is 11.0 Å². The number of nitrogen functional groups attached to an aromatic ring is 1. The third-order valence-electron chi connectivity index (χ3n) is 3.20. The Bertz CT molecular complexity index is 867. The topological polar surface area (TPSA) is 89.3 Å². The van der Waals surface area contributed by atoms with Gasteiger partial charge in [0.25, 0.3) is 0 Å². The molecule has 2 aromatic carbocycles. The number of nitrogens with one attached hydrogen (secondary N) is 2. The number of benzene rings is 2. The number of hydrogen-bond donors (Lipinski definition) is 3. The predicted octanol–water partition coefficient (Wildman–Crippen LogP) is 4.24. The Morgan fingerprint density at radius 1 is 0.920 bits per heavy atom. The fourth-order valence-corrected chi connectivity index (χ4v) is 2.06. The Hall–Kier alpha value is -3.61. The van der Waals surface area contributed by atoms with Gasteiger partial charge in [0.2, 0.25) is 0 Å². The van der Waals surface area contributed by atoms with E-state index in [-0.39, 0.29) is 5.82 Å². The maximum Gasteiger partial charge on any atom is 0.323 e. The van der Waals surface area contributed by atoms with E-state index in [1.807, 2.05) is 0 Å². The van der Waals surface area contributed by atoms with Crippen LogP contribution in [0.5, 0.6) is 11.5 Å². The van der Waals surface area contributed by atoms with Crippen LogP contribution >= 0.6 is 0 Å². The third-order valence-corrected chi connectivity index (χ3v) is 3.20. The molecule has 0 aliphatic carbocycles. The highest BCUT2D eigenvalue weighted by Crippen LogP contribution is 2.23. The van der Waals surface area contributed by atoms with E-state index in [9.17, 15) is 9.18 Å². The fourth-order valence-electron chi connectivity index (χ4n) is 2.06. The van der Waals surface area contributed by atoms with Gasteiger partial charge in [-0.2, -0.15) is 0 Å². The fraction of sp³-hybridized carbons (Fsp3) is 0. The summed E-state index contributed by atoms with van der Waals surface area (Å²) >= 11 is 0. The van der Waals surface area contributed by atoms with Gasteiger partial charge in [0, 0.05) is 23.6 Å². The maximum atomic E-state index is 12.8. The molecule has 0 saturated carbocycles. The Morgan fingerprint density at radius 2 is 1.52 bits per heavy atom. The van der Waals surface area contributed by atoms with Crippen molar-refractivity contribution in [3.05, 3.63) is 72.7 Å². The Kier molecular flexibility index (Phi) is 4.75. The highest BCUT2D eigenvalue weighted by atomic mass is 19.1. The zero-order valence-electron chi connectivity index (χ0n) is 13.1. The number of aromatic nitrogens is 1. The number of halogens is 1. The molecule has 0 saturated heterocycles. The number of nitrogens with zero attached hydrogens (tertiary/aromatic N) is 1. The Balaban J connectivity index is 1.58. The quantitative estimate of drug-likeness (QED) is 0.664. The van der Waals surface area contributed by atoms with Gasteiger partial charge >= 0.3 is 6.03 Å². The monoisotopic (exact) mass is 338 g/mol. The van der Waals surface area contributed by atoms with Crippen LogP contribution < -0.4 is 21.1 Å². The summed E-state index contributed by atoms with van der Waals surface area (Å²) in [5.41, 5.74) is 6.68. The van der Waals surface area contributed by atoms with Crippen molar-refractivity contribution < 1.29 is 13.9 Å². The molecule has 0 aliphatic rings. The number of urea groups is 1. The first-order valence-corrected chi connectivity index (χ1v) is 7.41. The summed E-state index contributed by atoms with van der Waals surface area (Å²) < 4.78 is 18.5. The standard InChI is InChI=1S/C18H15FN4O2/c19-12-1-3-13(4-2-12)22-18(24)23-14-5-7-15(8-6-14)25-16-9-10-21-17(20)11-16/h1-11H,(H2,20,21)(H2,22,23,24). The summed E-state index contributed by atoms with van der Waals surface area (Å²) in [5, 5.41) is 5.29. The van der Waals surface area contributed by atoms with Gasteiger partial charge in [-0.05, 0) is 54.6 Å². The van der Waals surface area contributed by atoms with Crippen LogP contribution in [-0.2, 0) is 0 Å². The Labute approximate surface area is 143 Å². The summed E-state index contributed by atoms with van der Waals surface area (Å²) in [5.74, 6) is 1.17. The number of carbonyl (C=O) groups excluding carboxylic acids is 1.